The summed E-state index contributed by atoms with van der Waals surface area (Å²) in [7, 11) is 2.13. The van der Waals surface area contributed by atoms with Crippen LogP contribution in [-0.4, -0.2) is 63.3 Å². The van der Waals surface area contributed by atoms with Crippen molar-refractivity contribution in [2.75, 3.05) is 43.4 Å². The highest BCUT2D eigenvalue weighted by molar-refractivity contribution is 6.37. The standard InChI is InChI=1S/C24H27ClN8O/c1-14-11-16-17(26-14)5-6-19(23(16)25)34-22-13-21(33-9-7-32(2)8-10-33)28-24(29-22)27-20-12-18(30-31-20)15-3-4-15/h5-6,11-13,15,26H,3-4,7-10H2,1-2H3,(H2,27,28,29,30,31). The fraction of sp³-hybridized carbons (Fsp3) is 0.375. The molecule has 0 radical (unpaired) electrons. The summed E-state index contributed by atoms with van der Waals surface area (Å²) >= 11 is 6.68. The number of rotatable bonds is 6. The van der Waals surface area contributed by atoms with Gasteiger partial charge in [-0.3, -0.25) is 5.10 Å². The van der Waals surface area contributed by atoms with Crippen LogP contribution in [0.2, 0.25) is 5.02 Å². The Morgan fingerprint density at radius 2 is 1.91 bits per heavy atom. The van der Waals surface area contributed by atoms with Gasteiger partial charge < -0.3 is 24.8 Å². The van der Waals surface area contributed by atoms with E-state index in [4.69, 9.17) is 21.3 Å². The number of likely N-dealkylation sites (N-methyl/N-ethyl adjacent to an activating group) is 1. The molecule has 10 heteroatoms. The average molecular weight is 479 g/mol. The van der Waals surface area contributed by atoms with Crippen LogP contribution in [0.4, 0.5) is 17.6 Å². The van der Waals surface area contributed by atoms with Crippen LogP contribution in [0.15, 0.2) is 30.3 Å². The number of anilines is 3. The topological polar surface area (TPSA) is 98.0 Å². The Morgan fingerprint density at radius 3 is 2.71 bits per heavy atom. The maximum atomic E-state index is 6.68. The smallest absolute Gasteiger partial charge is 0.233 e. The Labute approximate surface area is 202 Å². The van der Waals surface area contributed by atoms with Crippen molar-refractivity contribution in [2.45, 2.75) is 25.7 Å². The second-order valence-electron chi connectivity index (χ2n) is 9.18. The molecular formula is C24H27ClN8O. The molecule has 176 valence electrons. The molecule has 2 aliphatic rings. The molecule has 3 aromatic heterocycles. The second-order valence-corrected chi connectivity index (χ2v) is 9.56. The van der Waals surface area contributed by atoms with E-state index < -0.39 is 0 Å². The van der Waals surface area contributed by atoms with Crippen LogP contribution in [0.25, 0.3) is 10.9 Å². The highest BCUT2D eigenvalue weighted by atomic mass is 35.5. The average Bonchev–Trinajstić information content (AvgIpc) is 3.45. The molecule has 1 aliphatic heterocycles. The second kappa shape index (κ2) is 8.48. The molecule has 9 nitrogen and oxygen atoms in total. The van der Waals surface area contributed by atoms with Gasteiger partial charge in [0.2, 0.25) is 11.8 Å². The first-order chi connectivity index (χ1) is 16.5. The van der Waals surface area contributed by atoms with E-state index in [1.807, 2.05) is 37.3 Å². The van der Waals surface area contributed by atoms with Gasteiger partial charge in [0.25, 0.3) is 0 Å². The lowest BCUT2D eigenvalue weighted by Gasteiger charge is -2.33. The SMILES string of the molecule is Cc1cc2c(Cl)c(Oc3cc(N4CCN(C)CC4)nc(Nc4cc(C5CC5)[nH]n4)n3)ccc2[nH]1. The number of fused-ring (bicyclic) bond motifs is 1. The van der Waals surface area contributed by atoms with E-state index in [1.54, 1.807) is 0 Å². The molecule has 3 N–H and O–H groups in total. The first-order valence-electron chi connectivity index (χ1n) is 11.6. The number of piperazine rings is 1. The number of ether oxygens (including phenoxy) is 1. The number of aromatic amines is 2. The largest absolute Gasteiger partial charge is 0.437 e. The Balaban J connectivity index is 1.32. The van der Waals surface area contributed by atoms with Gasteiger partial charge in [-0.2, -0.15) is 15.1 Å². The Hall–Kier alpha value is -3.30. The van der Waals surface area contributed by atoms with E-state index in [-0.39, 0.29) is 0 Å². The van der Waals surface area contributed by atoms with E-state index in [9.17, 15) is 0 Å². The number of hydrogen-bond acceptors (Lipinski definition) is 7. The monoisotopic (exact) mass is 478 g/mol. The van der Waals surface area contributed by atoms with Gasteiger partial charge in [0.1, 0.15) is 11.6 Å². The zero-order chi connectivity index (χ0) is 23.2. The quantitative estimate of drug-likeness (QED) is 0.366. The van der Waals surface area contributed by atoms with Crippen LogP contribution < -0.4 is 15.0 Å². The van der Waals surface area contributed by atoms with Crippen molar-refractivity contribution in [3.63, 3.8) is 0 Å². The van der Waals surface area contributed by atoms with Gasteiger partial charge in [0.05, 0.1) is 5.02 Å². The van der Waals surface area contributed by atoms with Crippen molar-refractivity contribution < 1.29 is 4.74 Å². The van der Waals surface area contributed by atoms with E-state index in [0.29, 0.717) is 34.3 Å². The predicted octanol–water partition coefficient (Wildman–Crippen LogP) is 4.81. The molecule has 0 unspecified atom stereocenters. The number of halogens is 1. The van der Waals surface area contributed by atoms with Gasteiger partial charge in [-0.25, -0.2) is 0 Å². The van der Waals surface area contributed by atoms with Crippen molar-refractivity contribution >= 4 is 40.1 Å². The lowest BCUT2D eigenvalue weighted by atomic mass is 10.2. The number of H-pyrrole nitrogens is 2. The van der Waals surface area contributed by atoms with Crippen LogP contribution >= 0.6 is 11.6 Å². The Bertz CT molecular complexity index is 1340. The number of hydrogen-bond donors (Lipinski definition) is 3. The molecule has 0 spiro atoms. The molecule has 4 heterocycles. The Kier molecular flexibility index (Phi) is 5.30. The summed E-state index contributed by atoms with van der Waals surface area (Å²) in [4.78, 5) is 17.3. The number of nitrogens with one attached hydrogen (secondary N) is 3. The molecule has 1 saturated carbocycles. The van der Waals surface area contributed by atoms with E-state index in [2.05, 4.69) is 42.3 Å². The third-order valence-electron chi connectivity index (χ3n) is 6.42. The lowest BCUT2D eigenvalue weighted by Crippen LogP contribution is -2.44. The highest BCUT2D eigenvalue weighted by Crippen LogP contribution is 2.40. The lowest BCUT2D eigenvalue weighted by molar-refractivity contribution is 0.312. The van der Waals surface area contributed by atoms with Crippen molar-refractivity contribution in [1.29, 1.82) is 0 Å². The first kappa shape index (κ1) is 21.2. The van der Waals surface area contributed by atoms with Gasteiger partial charge >= 0.3 is 0 Å². The van der Waals surface area contributed by atoms with Crippen LogP contribution in [0.3, 0.4) is 0 Å². The number of aryl methyl sites for hydroxylation is 1. The molecule has 1 aromatic carbocycles. The maximum absolute atomic E-state index is 6.68. The summed E-state index contributed by atoms with van der Waals surface area (Å²) in [5.74, 6) is 3.53. The van der Waals surface area contributed by atoms with Gasteiger partial charge in [-0.05, 0) is 45.0 Å². The molecule has 2 fully saturated rings. The summed E-state index contributed by atoms with van der Waals surface area (Å²) in [5.41, 5.74) is 3.17. The molecule has 4 aromatic rings. The van der Waals surface area contributed by atoms with Gasteiger partial charge in [0.15, 0.2) is 5.82 Å². The van der Waals surface area contributed by atoms with Crippen LogP contribution in [-0.2, 0) is 0 Å². The first-order valence-corrected chi connectivity index (χ1v) is 12.0. The molecular weight excluding hydrogens is 452 g/mol. The summed E-state index contributed by atoms with van der Waals surface area (Å²) in [6, 6.07) is 9.75. The Morgan fingerprint density at radius 1 is 1.09 bits per heavy atom. The van der Waals surface area contributed by atoms with Crippen molar-refractivity contribution in [3.8, 4) is 11.6 Å². The normalized spacial score (nSPS) is 16.9. The zero-order valence-electron chi connectivity index (χ0n) is 19.2. The molecule has 1 saturated heterocycles. The maximum Gasteiger partial charge on any atom is 0.233 e. The minimum Gasteiger partial charge on any atom is -0.437 e. The summed E-state index contributed by atoms with van der Waals surface area (Å²) in [5, 5.41) is 12.2. The van der Waals surface area contributed by atoms with E-state index in [0.717, 1.165) is 54.3 Å². The van der Waals surface area contributed by atoms with Crippen LogP contribution in [0.1, 0.15) is 30.1 Å². The number of aromatic nitrogens is 5. The zero-order valence-corrected chi connectivity index (χ0v) is 20.0. The third kappa shape index (κ3) is 4.28. The molecule has 0 amide bonds. The van der Waals surface area contributed by atoms with Crippen molar-refractivity contribution in [1.82, 2.24) is 30.0 Å². The molecule has 6 rings (SSSR count). The molecule has 0 bridgehead atoms. The van der Waals surface area contributed by atoms with E-state index >= 15 is 0 Å². The fourth-order valence-corrected chi connectivity index (χ4v) is 4.57. The third-order valence-corrected chi connectivity index (χ3v) is 6.81. The van der Waals surface area contributed by atoms with Crippen LogP contribution in [0, 0.1) is 6.92 Å². The van der Waals surface area contributed by atoms with Crippen LogP contribution in [0.5, 0.6) is 11.6 Å². The summed E-state index contributed by atoms with van der Waals surface area (Å²) in [6.07, 6.45) is 2.42. The minimum absolute atomic E-state index is 0.429. The minimum atomic E-state index is 0.429. The number of nitrogens with zero attached hydrogens (tertiary/aromatic N) is 5. The molecule has 34 heavy (non-hydrogen) atoms. The van der Waals surface area contributed by atoms with Gasteiger partial charge in [0, 0.05) is 66.5 Å². The van der Waals surface area contributed by atoms with Gasteiger partial charge in [-0.15, -0.1) is 0 Å². The van der Waals surface area contributed by atoms with E-state index in [1.165, 1.54) is 12.8 Å². The fourth-order valence-electron chi connectivity index (χ4n) is 4.32. The molecule has 1 aliphatic carbocycles. The highest BCUT2D eigenvalue weighted by Gasteiger charge is 2.26. The van der Waals surface area contributed by atoms with Crippen molar-refractivity contribution in [3.05, 3.63) is 46.7 Å². The summed E-state index contributed by atoms with van der Waals surface area (Å²) in [6.45, 7) is 5.72. The predicted molar refractivity (Wildman–Crippen MR) is 134 cm³/mol. The van der Waals surface area contributed by atoms with Gasteiger partial charge in [-0.1, -0.05) is 11.6 Å². The number of benzene rings is 1. The van der Waals surface area contributed by atoms with Crippen molar-refractivity contribution in [2.24, 2.45) is 0 Å². The summed E-state index contributed by atoms with van der Waals surface area (Å²) < 4.78 is 6.21. The molecule has 0 atom stereocenters.